The lowest BCUT2D eigenvalue weighted by atomic mass is 10.2. The summed E-state index contributed by atoms with van der Waals surface area (Å²) in [6.07, 6.45) is 1.74. The lowest BCUT2D eigenvalue weighted by molar-refractivity contribution is -0.133. The molecule has 8 heteroatoms. The number of hydrogen-bond acceptors (Lipinski definition) is 7. The van der Waals surface area contributed by atoms with Gasteiger partial charge in [0.25, 0.3) is 5.91 Å². The second kappa shape index (κ2) is 9.21. The Morgan fingerprint density at radius 3 is 2.30 bits per heavy atom. The Labute approximate surface area is 175 Å². The first-order valence-electron chi connectivity index (χ1n) is 9.77. The number of ether oxygens (including phenoxy) is 2. The van der Waals surface area contributed by atoms with Crippen LogP contribution in [0.25, 0.3) is 11.4 Å². The number of anilines is 1. The van der Waals surface area contributed by atoms with Crippen molar-refractivity contribution in [3.8, 4) is 22.9 Å². The van der Waals surface area contributed by atoms with Gasteiger partial charge in [-0.15, -0.1) is 10.2 Å². The summed E-state index contributed by atoms with van der Waals surface area (Å²) >= 11 is 0. The SMILES string of the molecule is COc1ccc(OCC(=O)N2CCN(c3ccc(-c4ccccn4)nn3)CC2)cc1. The van der Waals surface area contributed by atoms with E-state index in [9.17, 15) is 4.79 Å². The number of amides is 1. The van der Waals surface area contributed by atoms with Crippen LogP contribution < -0.4 is 14.4 Å². The predicted molar refractivity (Wildman–Crippen MR) is 113 cm³/mol. The standard InChI is InChI=1S/C22H23N5O3/c1-29-17-5-7-18(8-6-17)30-16-22(28)27-14-12-26(13-15-27)21-10-9-20(24-25-21)19-4-2-3-11-23-19/h2-11H,12-16H2,1H3. The second-order valence-electron chi connectivity index (χ2n) is 6.82. The van der Waals surface area contributed by atoms with Gasteiger partial charge in [0.2, 0.25) is 0 Å². The summed E-state index contributed by atoms with van der Waals surface area (Å²) in [7, 11) is 1.61. The van der Waals surface area contributed by atoms with Crippen LogP contribution in [0, 0.1) is 0 Å². The molecule has 154 valence electrons. The quantitative estimate of drug-likeness (QED) is 0.622. The van der Waals surface area contributed by atoms with Gasteiger partial charge in [0.1, 0.15) is 17.2 Å². The molecule has 1 aliphatic heterocycles. The molecule has 0 bridgehead atoms. The third-order valence-electron chi connectivity index (χ3n) is 4.96. The van der Waals surface area contributed by atoms with Crippen LogP contribution in [-0.4, -0.2) is 65.9 Å². The summed E-state index contributed by atoms with van der Waals surface area (Å²) in [5.74, 6) is 2.17. The number of aromatic nitrogens is 3. The number of piperazine rings is 1. The zero-order valence-electron chi connectivity index (χ0n) is 16.8. The smallest absolute Gasteiger partial charge is 0.260 e. The number of methoxy groups -OCH3 is 1. The van der Waals surface area contributed by atoms with E-state index >= 15 is 0 Å². The molecule has 0 unspecified atom stereocenters. The topological polar surface area (TPSA) is 80.7 Å². The van der Waals surface area contributed by atoms with Crippen LogP contribution in [-0.2, 0) is 4.79 Å². The van der Waals surface area contributed by atoms with Gasteiger partial charge in [-0.3, -0.25) is 9.78 Å². The molecule has 1 saturated heterocycles. The highest BCUT2D eigenvalue weighted by molar-refractivity contribution is 5.78. The molecule has 2 aromatic heterocycles. The molecule has 4 rings (SSSR count). The fourth-order valence-corrected chi connectivity index (χ4v) is 3.24. The Hall–Kier alpha value is -3.68. The van der Waals surface area contributed by atoms with Gasteiger partial charge in [0, 0.05) is 32.4 Å². The van der Waals surface area contributed by atoms with Gasteiger partial charge in [0.15, 0.2) is 12.4 Å². The summed E-state index contributed by atoms with van der Waals surface area (Å²) in [4.78, 5) is 20.7. The maximum absolute atomic E-state index is 12.5. The van der Waals surface area contributed by atoms with Crippen molar-refractivity contribution in [3.05, 3.63) is 60.8 Å². The van der Waals surface area contributed by atoms with E-state index in [1.807, 2.05) is 35.2 Å². The Morgan fingerprint density at radius 1 is 0.900 bits per heavy atom. The zero-order valence-corrected chi connectivity index (χ0v) is 16.8. The number of pyridine rings is 1. The van der Waals surface area contributed by atoms with Crippen LogP contribution in [0.15, 0.2) is 60.8 Å². The molecule has 0 spiro atoms. The van der Waals surface area contributed by atoms with Crippen molar-refractivity contribution in [1.82, 2.24) is 20.1 Å². The maximum atomic E-state index is 12.5. The fourth-order valence-electron chi connectivity index (χ4n) is 3.24. The van der Waals surface area contributed by atoms with Gasteiger partial charge in [-0.25, -0.2) is 0 Å². The Bertz CT molecular complexity index is 956. The van der Waals surface area contributed by atoms with Crippen molar-refractivity contribution < 1.29 is 14.3 Å². The highest BCUT2D eigenvalue weighted by Crippen LogP contribution is 2.19. The van der Waals surface area contributed by atoms with E-state index in [4.69, 9.17) is 9.47 Å². The van der Waals surface area contributed by atoms with Crippen LogP contribution in [0.5, 0.6) is 11.5 Å². The van der Waals surface area contributed by atoms with E-state index in [0.717, 1.165) is 23.0 Å². The molecule has 30 heavy (non-hydrogen) atoms. The number of carbonyl (C=O) groups excluding carboxylic acids is 1. The van der Waals surface area contributed by atoms with E-state index in [0.29, 0.717) is 31.9 Å². The average Bonchev–Trinajstić information content (AvgIpc) is 2.83. The number of hydrogen-bond donors (Lipinski definition) is 0. The molecule has 1 amide bonds. The third kappa shape index (κ3) is 4.65. The zero-order chi connectivity index (χ0) is 20.8. The Kier molecular flexibility index (Phi) is 6.03. The molecule has 1 fully saturated rings. The van der Waals surface area contributed by atoms with E-state index in [1.165, 1.54) is 0 Å². The van der Waals surface area contributed by atoms with E-state index in [-0.39, 0.29) is 12.5 Å². The normalized spacial score (nSPS) is 13.8. The summed E-state index contributed by atoms with van der Waals surface area (Å²) in [6, 6.07) is 16.8. The van der Waals surface area contributed by atoms with E-state index in [1.54, 1.807) is 37.6 Å². The molecule has 0 aliphatic carbocycles. The minimum absolute atomic E-state index is 0.0188. The maximum Gasteiger partial charge on any atom is 0.260 e. The van der Waals surface area contributed by atoms with Crippen molar-refractivity contribution in [1.29, 1.82) is 0 Å². The lowest BCUT2D eigenvalue weighted by Gasteiger charge is -2.35. The van der Waals surface area contributed by atoms with Gasteiger partial charge in [-0.1, -0.05) is 6.07 Å². The second-order valence-corrected chi connectivity index (χ2v) is 6.82. The highest BCUT2D eigenvalue weighted by Gasteiger charge is 2.22. The molecule has 0 atom stereocenters. The molecule has 3 heterocycles. The first-order valence-corrected chi connectivity index (χ1v) is 9.77. The summed E-state index contributed by atoms with van der Waals surface area (Å²) in [5.41, 5.74) is 1.53. The van der Waals surface area contributed by atoms with Crippen molar-refractivity contribution >= 4 is 11.7 Å². The lowest BCUT2D eigenvalue weighted by Crippen LogP contribution is -2.50. The van der Waals surface area contributed by atoms with Gasteiger partial charge in [-0.2, -0.15) is 0 Å². The first-order chi connectivity index (χ1) is 14.7. The van der Waals surface area contributed by atoms with Gasteiger partial charge < -0.3 is 19.3 Å². The van der Waals surface area contributed by atoms with E-state index < -0.39 is 0 Å². The number of benzene rings is 1. The third-order valence-corrected chi connectivity index (χ3v) is 4.96. The monoisotopic (exact) mass is 405 g/mol. The molecule has 0 saturated carbocycles. The van der Waals surface area contributed by atoms with Crippen molar-refractivity contribution in [2.45, 2.75) is 0 Å². The molecule has 0 radical (unpaired) electrons. The van der Waals surface area contributed by atoms with Gasteiger partial charge >= 0.3 is 0 Å². The molecule has 0 N–H and O–H groups in total. The van der Waals surface area contributed by atoms with Crippen LogP contribution in [0.3, 0.4) is 0 Å². The van der Waals surface area contributed by atoms with Crippen molar-refractivity contribution in [2.24, 2.45) is 0 Å². The van der Waals surface area contributed by atoms with Crippen molar-refractivity contribution in [2.75, 3.05) is 44.8 Å². The average molecular weight is 405 g/mol. The summed E-state index contributed by atoms with van der Waals surface area (Å²) in [5, 5.41) is 8.63. The van der Waals surface area contributed by atoms with E-state index in [2.05, 4.69) is 20.1 Å². The Balaban J connectivity index is 1.27. The molecule has 1 aliphatic rings. The molecule has 1 aromatic carbocycles. The van der Waals surface area contributed by atoms with Gasteiger partial charge in [0.05, 0.1) is 12.8 Å². The van der Waals surface area contributed by atoms with Gasteiger partial charge in [-0.05, 0) is 48.5 Å². The number of rotatable bonds is 6. The minimum Gasteiger partial charge on any atom is -0.497 e. The predicted octanol–water partition coefficient (Wildman–Crippen LogP) is 2.27. The molecule has 3 aromatic rings. The minimum atomic E-state index is -0.0259. The largest absolute Gasteiger partial charge is 0.497 e. The molecule has 8 nitrogen and oxygen atoms in total. The van der Waals surface area contributed by atoms with Crippen LogP contribution >= 0.6 is 0 Å². The van der Waals surface area contributed by atoms with Crippen LogP contribution in [0.2, 0.25) is 0 Å². The number of carbonyl (C=O) groups is 1. The van der Waals surface area contributed by atoms with Crippen LogP contribution in [0.1, 0.15) is 0 Å². The Morgan fingerprint density at radius 2 is 1.67 bits per heavy atom. The summed E-state index contributed by atoms with van der Waals surface area (Å²) < 4.78 is 10.7. The molecular formula is C22H23N5O3. The molecular weight excluding hydrogens is 382 g/mol. The first kappa shape index (κ1) is 19.6. The van der Waals surface area contributed by atoms with Crippen LogP contribution in [0.4, 0.5) is 5.82 Å². The highest BCUT2D eigenvalue weighted by atomic mass is 16.5. The van der Waals surface area contributed by atoms with Crippen molar-refractivity contribution in [3.63, 3.8) is 0 Å². The number of nitrogens with zero attached hydrogens (tertiary/aromatic N) is 5. The fraction of sp³-hybridized carbons (Fsp3) is 0.273. The summed E-state index contributed by atoms with van der Waals surface area (Å²) in [6.45, 7) is 2.66.